The third kappa shape index (κ3) is 3.38. The fourth-order valence-corrected chi connectivity index (χ4v) is 2.32. The SMILES string of the molecule is CCCNCCC(C)(C)c1cc2cc(C)ccc2o1. The first-order valence-electron chi connectivity index (χ1n) is 7.24. The van der Waals surface area contributed by atoms with Gasteiger partial charge in [0.15, 0.2) is 0 Å². The van der Waals surface area contributed by atoms with Gasteiger partial charge in [-0.15, -0.1) is 0 Å². The molecule has 2 nitrogen and oxygen atoms in total. The van der Waals surface area contributed by atoms with Gasteiger partial charge in [0.05, 0.1) is 0 Å². The molecule has 0 unspecified atom stereocenters. The van der Waals surface area contributed by atoms with Crippen LogP contribution in [0.1, 0.15) is 44.9 Å². The van der Waals surface area contributed by atoms with Gasteiger partial charge in [0, 0.05) is 10.8 Å². The van der Waals surface area contributed by atoms with Crippen molar-refractivity contribution in [3.05, 3.63) is 35.6 Å². The quantitative estimate of drug-likeness (QED) is 0.777. The van der Waals surface area contributed by atoms with E-state index >= 15 is 0 Å². The monoisotopic (exact) mass is 259 g/mol. The summed E-state index contributed by atoms with van der Waals surface area (Å²) in [7, 11) is 0. The zero-order chi connectivity index (χ0) is 13.9. The molecule has 0 aliphatic carbocycles. The zero-order valence-electron chi connectivity index (χ0n) is 12.5. The number of benzene rings is 1. The second kappa shape index (κ2) is 5.79. The molecule has 0 aliphatic heterocycles. The Morgan fingerprint density at radius 1 is 1.16 bits per heavy atom. The summed E-state index contributed by atoms with van der Waals surface area (Å²) in [6, 6.07) is 8.56. The van der Waals surface area contributed by atoms with E-state index in [-0.39, 0.29) is 5.41 Å². The van der Waals surface area contributed by atoms with Gasteiger partial charge in [0.25, 0.3) is 0 Å². The average Bonchev–Trinajstić information content (AvgIpc) is 2.78. The lowest BCUT2D eigenvalue weighted by atomic mass is 9.86. The van der Waals surface area contributed by atoms with Crippen molar-refractivity contribution in [2.24, 2.45) is 0 Å². The molecule has 1 heterocycles. The molecule has 0 fully saturated rings. The Balaban J connectivity index is 2.13. The summed E-state index contributed by atoms with van der Waals surface area (Å²) < 4.78 is 6.02. The Morgan fingerprint density at radius 3 is 2.68 bits per heavy atom. The lowest BCUT2D eigenvalue weighted by Crippen LogP contribution is -2.25. The van der Waals surface area contributed by atoms with Crippen molar-refractivity contribution in [1.29, 1.82) is 0 Å². The van der Waals surface area contributed by atoms with Crippen LogP contribution in [0.4, 0.5) is 0 Å². The first kappa shape index (κ1) is 14.1. The first-order valence-corrected chi connectivity index (χ1v) is 7.24. The maximum Gasteiger partial charge on any atom is 0.134 e. The van der Waals surface area contributed by atoms with Gasteiger partial charge < -0.3 is 9.73 Å². The Morgan fingerprint density at radius 2 is 1.95 bits per heavy atom. The number of fused-ring (bicyclic) bond motifs is 1. The fraction of sp³-hybridized carbons (Fsp3) is 0.529. The maximum absolute atomic E-state index is 6.02. The predicted octanol–water partition coefficient (Wildman–Crippen LogP) is 4.41. The zero-order valence-corrected chi connectivity index (χ0v) is 12.5. The molecule has 0 radical (unpaired) electrons. The summed E-state index contributed by atoms with van der Waals surface area (Å²) in [5.74, 6) is 1.09. The van der Waals surface area contributed by atoms with Crippen molar-refractivity contribution in [2.45, 2.75) is 46.0 Å². The second-order valence-electron chi connectivity index (χ2n) is 6.04. The number of rotatable bonds is 6. The van der Waals surface area contributed by atoms with Gasteiger partial charge in [0.1, 0.15) is 11.3 Å². The topological polar surface area (TPSA) is 25.2 Å². The van der Waals surface area contributed by atoms with Gasteiger partial charge in [-0.2, -0.15) is 0 Å². The van der Waals surface area contributed by atoms with Crippen LogP contribution in [0.3, 0.4) is 0 Å². The first-order chi connectivity index (χ1) is 9.03. The van der Waals surface area contributed by atoms with Crippen LogP contribution in [-0.4, -0.2) is 13.1 Å². The van der Waals surface area contributed by atoms with Crippen molar-refractivity contribution in [3.8, 4) is 0 Å². The maximum atomic E-state index is 6.02. The molecule has 19 heavy (non-hydrogen) atoms. The molecule has 0 saturated heterocycles. The molecule has 0 atom stereocenters. The molecule has 1 aromatic carbocycles. The van der Waals surface area contributed by atoms with E-state index in [1.807, 2.05) is 0 Å². The van der Waals surface area contributed by atoms with Gasteiger partial charge in [-0.3, -0.25) is 0 Å². The lowest BCUT2D eigenvalue weighted by molar-refractivity contribution is 0.371. The van der Waals surface area contributed by atoms with Crippen molar-refractivity contribution in [3.63, 3.8) is 0 Å². The molecule has 0 spiro atoms. The van der Waals surface area contributed by atoms with E-state index in [4.69, 9.17) is 4.42 Å². The molecule has 1 N–H and O–H groups in total. The average molecular weight is 259 g/mol. The van der Waals surface area contributed by atoms with Crippen molar-refractivity contribution in [1.82, 2.24) is 5.32 Å². The highest BCUT2D eigenvalue weighted by atomic mass is 16.3. The molecule has 0 saturated carbocycles. The standard InChI is InChI=1S/C17H25NO/c1-5-9-18-10-8-17(3,4)16-12-14-11-13(2)6-7-15(14)19-16/h6-7,11-12,18H,5,8-10H2,1-4H3. The van der Waals surface area contributed by atoms with Crippen molar-refractivity contribution in [2.75, 3.05) is 13.1 Å². The normalized spacial score (nSPS) is 12.2. The summed E-state index contributed by atoms with van der Waals surface area (Å²) in [6.45, 7) is 11.0. The van der Waals surface area contributed by atoms with E-state index in [2.05, 4.69) is 57.3 Å². The van der Waals surface area contributed by atoms with Crippen molar-refractivity contribution < 1.29 is 4.42 Å². The van der Waals surface area contributed by atoms with Crippen LogP contribution in [-0.2, 0) is 5.41 Å². The summed E-state index contributed by atoms with van der Waals surface area (Å²) in [5, 5.41) is 4.67. The molecule has 0 aliphatic rings. The van der Waals surface area contributed by atoms with Crippen LogP contribution in [0.15, 0.2) is 28.7 Å². The number of nitrogens with one attached hydrogen (secondary N) is 1. The summed E-state index contributed by atoms with van der Waals surface area (Å²) >= 11 is 0. The highest BCUT2D eigenvalue weighted by Gasteiger charge is 2.24. The summed E-state index contributed by atoms with van der Waals surface area (Å²) in [6.07, 6.45) is 2.27. The number of furan rings is 1. The van der Waals surface area contributed by atoms with E-state index in [9.17, 15) is 0 Å². The second-order valence-corrected chi connectivity index (χ2v) is 6.04. The van der Waals surface area contributed by atoms with Crippen LogP contribution in [0.2, 0.25) is 0 Å². The number of aryl methyl sites for hydroxylation is 1. The molecule has 1 aromatic heterocycles. The number of hydrogen-bond acceptors (Lipinski definition) is 2. The Kier molecular flexibility index (Phi) is 4.31. The van der Waals surface area contributed by atoms with E-state index in [0.29, 0.717) is 0 Å². The fourth-order valence-electron chi connectivity index (χ4n) is 2.32. The van der Waals surface area contributed by atoms with E-state index < -0.39 is 0 Å². The van der Waals surface area contributed by atoms with Crippen LogP contribution < -0.4 is 5.32 Å². The summed E-state index contributed by atoms with van der Waals surface area (Å²) in [5.41, 5.74) is 2.35. The highest BCUT2D eigenvalue weighted by Crippen LogP contribution is 2.32. The number of hydrogen-bond donors (Lipinski definition) is 1. The molecular formula is C17H25NO. The minimum absolute atomic E-state index is 0.0770. The molecule has 0 amide bonds. The highest BCUT2D eigenvalue weighted by molar-refractivity contribution is 5.78. The largest absolute Gasteiger partial charge is 0.461 e. The van der Waals surface area contributed by atoms with Gasteiger partial charge in [-0.1, -0.05) is 32.4 Å². The predicted molar refractivity (Wildman–Crippen MR) is 81.8 cm³/mol. The van der Waals surface area contributed by atoms with E-state index in [0.717, 1.165) is 30.9 Å². The molecule has 2 heteroatoms. The minimum Gasteiger partial charge on any atom is -0.461 e. The van der Waals surface area contributed by atoms with Crippen LogP contribution in [0, 0.1) is 6.92 Å². The molecule has 104 valence electrons. The van der Waals surface area contributed by atoms with E-state index in [1.54, 1.807) is 0 Å². The Labute approximate surface area is 116 Å². The molecular weight excluding hydrogens is 234 g/mol. The molecule has 2 aromatic rings. The van der Waals surface area contributed by atoms with Crippen molar-refractivity contribution >= 4 is 11.0 Å². The summed E-state index contributed by atoms with van der Waals surface area (Å²) in [4.78, 5) is 0. The van der Waals surface area contributed by atoms with E-state index in [1.165, 1.54) is 17.4 Å². The third-order valence-electron chi connectivity index (χ3n) is 3.69. The molecule has 2 rings (SSSR count). The van der Waals surface area contributed by atoms with Gasteiger partial charge in [-0.25, -0.2) is 0 Å². The van der Waals surface area contributed by atoms with Crippen LogP contribution in [0.5, 0.6) is 0 Å². The van der Waals surface area contributed by atoms with Crippen LogP contribution in [0.25, 0.3) is 11.0 Å². The smallest absolute Gasteiger partial charge is 0.134 e. The van der Waals surface area contributed by atoms with Gasteiger partial charge in [0.2, 0.25) is 0 Å². The molecule has 0 bridgehead atoms. The van der Waals surface area contributed by atoms with Gasteiger partial charge >= 0.3 is 0 Å². The Bertz CT molecular complexity index is 539. The Hall–Kier alpha value is -1.28. The third-order valence-corrected chi connectivity index (χ3v) is 3.69. The lowest BCUT2D eigenvalue weighted by Gasteiger charge is -2.22. The minimum atomic E-state index is 0.0770. The van der Waals surface area contributed by atoms with Crippen LogP contribution >= 0.6 is 0 Å². The van der Waals surface area contributed by atoms with Gasteiger partial charge in [-0.05, 0) is 51.1 Å².